The average molecular weight is 902 g/mol. The Labute approximate surface area is 367 Å². The monoisotopic (exact) mass is 900 g/mol. The largest absolute Gasteiger partial charge is 0.497 e. The number of carbonyl (C=O) groups excluding carboxylic acids is 3. The number of benzene rings is 3. The minimum absolute atomic E-state index is 0.0187. The number of nitrogens with zero attached hydrogens (tertiary/aromatic N) is 8. The van der Waals surface area contributed by atoms with Crippen LogP contribution in [0, 0.1) is 5.82 Å². The van der Waals surface area contributed by atoms with Gasteiger partial charge in [-0.1, -0.05) is 30.3 Å². The Morgan fingerprint density at radius 3 is 1.94 bits per heavy atom. The van der Waals surface area contributed by atoms with Crippen molar-refractivity contribution in [1.82, 2.24) is 24.8 Å². The number of imide groups is 1. The molecule has 18 nitrogen and oxygen atoms in total. The number of amides is 4. The Bertz CT molecular complexity index is 2820. The van der Waals surface area contributed by atoms with Crippen LogP contribution in [0.15, 0.2) is 93.8 Å². The van der Waals surface area contributed by atoms with E-state index in [1.165, 1.54) is 65.4 Å². The predicted octanol–water partition coefficient (Wildman–Crippen LogP) is 9.30. The van der Waals surface area contributed by atoms with Crippen LogP contribution in [0.25, 0.3) is 22.5 Å². The van der Waals surface area contributed by atoms with Gasteiger partial charge in [0.25, 0.3) is 11.8 Å². The molecule has 7 aromatic rings. The molecule has 1 saturated heterocycles. The highest BCUT2D eigenvalue weighted by Crippen LogP contribution is 2.41. The molecule has 0 N–H and O–H groups in total. The molecular weight excluding hydrogens is 866 g/mol. The first-order valence-corrected chi connectivity index (χ1v) is 20.0. The van der Waals surface area contributed by atoms with Crippen molar-refractivity contribution in [3.8, 4) is 29.0 Å². The van der Waals surface area contributed by atoms with Gasteiger partial charge in [0.2, 0.25) is 23.1 Å². The van der Waals surface area contributed by atoms with Gasteiger partial charge >= 0.3 is 18.2 Å². The summed E-state index contributed by atoms with van der Waals surface area (Å²) in [5.41, 5.74) is 0.809. The summed E-state index contributed by atoms with van der Waals surface area (Å²) < 4.78 is 54.0. The second kappa shape index (κ2) is 18.3. The van der Waals surface area contributed by atoms with Gasteiger partial charge in [-0.25, -0.2) is 33.6 Å². The number of carbonyl (C=O) groups is 3. The van der Waals surface area contributed by atoms with Crippen LogP contribution >= 0.6 is 23.2 Å². The van der Waals surface area contributed by atoms with Crippen LogP contribution in [-0.4, -0.2) is 89.6 Å². The zero-order valence-corrected chi connectivity index (χ0v) is 35.1. The van der Waals surface area contributed by atoms with E-state index in [0.717, 1.165) is 0 Å². The molecule has 1 aliphatic heterocycles. The number of urea groups is 1. The maximum atomic E-state index is 15.0. The number of piperazine rings is 1. The molecule has 5 heterocycles. The van der Waals surface area contributed by atoms with Crippen molar-refractivity contribution < 1.29 is 51.3 Å². The number of halogens is 3. The van der Waals surface area contributed by atoms with Crippen molar-refractivity contribution in [2.75, 3.05) is 61.2 Å². The van der Waals surface area contributed by atoms with Gasteiger partial charge in [0.1, 0.15) is 28.3 Å². The van der Waals surface area contributed by atoms with Gasteiger partial charge < -0.3 is 42.3 Å². The highest BCUT2D eigenvalue weighted by molar-refractivity contribution is 6.30. The van der Waals surface area contributed by atoms with Gasteiger partial charge in [-0.2, -0.15) is 14.9 Å². The summed E-state index contributed by atoms with van der Waals surface area (Å²) in [6.45, 7) is 4.43. The van der Waals surface area contributed by atoms with E-state index in [1.54, 1.807) is 50.2 Å². The average Bonchev–Trinajstić information content (AvgIpc) is 3.83. The zero-order valence-electron chi connectivity index (χ0n) is 33.6. The molecule has 8 rings (SSSR count). The molecule has 0 aliphatic carbocycles. The first kappa shape index (κ1) is 42.3. The standard InChI is InChI=1S/C42H35Cl2FN8O10/c1-4-58-38-34(46-28-22-32(43)62-36(28)48-38)52(40(54)51-17-15-50(16-18-51)25-19-24(45)20-27(21-25)57-3)30-13-9-10-14-31(30)61-42(56)53(41(55)60-26-11-7-6-8-12-26)35-39(59-5-2)49-37-29(47-35)23-33(44)63-37/h6-14,19-23H,4-5,15-18H2,1-3H3. The third kappa shape index (κ3) is 9.00. The topological polar surface area (TPSA) is 188 Å². The summed E-state index contributed by atoms with van der Waals surface area (Å²) in [5.74, 6) is -1.21. The van der Waals surface area contributed by atoms with Crippen LogP contribution in [0.3, 0.4) is 0 Å². The lowest BCUT2D eigenvalue weighted by atomic mass is 10.2. The fourth-order valence-corrected chi connectivity index (χ4v) is 6.93. The molecular formula is C42H35Cl2FN8O10. The Balaban J connectivity index is 1.20. The van der Waals surface area contributed by atoms with E-state index >= 15 is 4.79 Å². The van der Waals surface area contributed by atoms with E-state index < -0.39 is 29.9 Å². The van der Waals surface area contributed by atoms with E-state index in [-0.39, 0.29) is 94.0 Å². The fraction of sp³-hybridized carbons (Fsp3) is 0.214. The normalized spacial score (nSPS) is 12.6. The summed E-state index contributed by atoms with van der Waals surface area (Å²) in [6, 6.07) is 20.5. The fourth-order valence-electron chi connectivity index (χ4n) is 6.58. The smallest absolute Gasteiger partial charge is 0.431 e. The number of aromatic nitrogens is 4. The summed E-state index contributed by atoms with van der Waals surface area (Å²) in [4.78, 5) is 66.8. The Morgan fingerprint density at radius 2 is 1.30 bits per heavy atom. The molecule has 0 unspecified atom stereocenters. The predicted molar refractivity (Wildman–Crippen MR) is 228 cm³/mol. The maximum absolute atomic E-state index is 15.0. The summed E-state index contributed by atoms with van der Waals surface area (Å²) >= 11 is 12.3. The minimum atomic E-state index is -1.34. The molecule has 1 fully saturated rings. The van der Waals surface area contributed by atoms with Crippen LogP contribution in [0.5, 0.6) is 29.0 Å². The van der Waals surface area contributed by atoms with Gasteiger partial charge in [0.05, 0.1) is 26.0 Å². The number of hydrogen-bond acceptors (Lipinski definition) is 15. The van der Waals surface area contributed by atoms with E-state index in [0.29, 0.717) is 29.4 Å². The first-order valence-electron chi connectivity index (χ1n) is 19.3. The minimum Gasteiger partial charge on any atom is -0.497 e. The van der Waals surface area contributed by atoms with Gasteiger partial charge in [-0.05, 0) is 67.4 Å². The molecule has 63 heavy (non-hydrogen) atoms. The van der Waals surface area contributed by atoms with E-state index in [9.17, 15) is 14.0 Å². The Hall–Kier alpha value is -7.38. The zero-order chi connectivity index (χ0) is 44.2. The summed E-state index contributed by atoms with van der Waals surface area (Å²) in [7, 11) is 1.45. The summed E-state index contributed by atoms with van der Waals surface area (Å²) in [6.07, 6.45) is -2.59. The lowest BCUT2D eigenvalue weighted by Crippen LogP contribution is -2.52. The number of hydrogen-bond donors (Lipinski definition) is 0. The van der Waals surface area contributed by atoms with Crippen molar-refractivity contribution >= 4 is 86.9 Å². The van der Waals surface area contributed by atoms with Crippen LogP contribution < -0.4 is 38.4 Å². The van der Waals surface area contributed by atoms with Crippen molar-refractivity contribution in [3.05, 3.63) is 101 Å². The van der Waals surface area contributed by atoms with Crippen molar-refractivity contribution in [3.63, 3.8) is 0 Å². The third-order valence-corrected chi connectivity index (χ3v) is 9.74. The lowest BCUT2D eigenvalue weighted by Gasteiger charge is -2.38. The van der Waals surface area contributed by atoms with Crippen LogP contribution in [0.2, 0.25) is 10.4 Å². The van der Waals surface area contributed by atoms with Crippen LogP contribution in [0.1, 0.15) is 13.8 Å². The molecule has 0 spiro atoms. The number of methoxy groups -OCH3 is 1. The molecule has 1 aliphatic rings. The molecule has 0 radical (unpaired) electrons. The van der Waals surface area contributed by atoms with E-state index in [4.69, 9.17) is 60.7 Å². The van der Waals surface area contributed by atoms with Crippen molar-refractivity contribution in [2.24, 2.45) is 0 Å². The molecule has 4 aromatic heterocycles. The second-order valence-electron chi connectivity index (χ2n) is 13.3. The van der Waals surface area contributed by atoms with Gasteiger partial charge in [0, 0.05) is 56.1 Å². The highest BCUT2D eigenvalue weighted by atomic mass is 35.5. The first-order chi connectivity index (χ1) is 30.5. The summed E-state index contributed by atoms with van der Waals surface area (Å²) in [5, 5.41) is -0.0833. The number of furan rings is 2. The molecule has 4 amide bonds. The molecule has 0 saturated carbocycles. The van der Waals surface area contributed by atoms with Crippen molar-refractivity contribution in [1.29, 1.82) is 0 Å². The SMILES string of the molecule is CCOc1nc2oc(Cl)cc2nc1N(C(=O)Oc1ccccc1)C(=O)Oc1ccccc1N(C(=O)N1CCN(c2cc(F)cc(OC)c2)CC1)c1nc2cc(Cl)oc2nc1OCC. The number of rotatable bonds is 11. The molecule has 0 atom stereocenters. The van der Waals surface area contributed by atoms with Gasteiger partial charge in [-0.15, -0.1) is 0 Å². The van der Waals surface area contributed by atoms with E-state index in [1.807, 2.05) is 4.90 Å². The number of anilines is 4. The second-order valence-corrected chi connectivity index (χ2v) is 14.1. The third-order valence-electron chi connectivity index (χ3n) is 9.37. The number of para-hydroxylation sites is 3. The van der Waals surface area contributed by atoms with Crippen LogP contribution in [-0.2, 0) is 0 Å². The molecule has 0 bridgehead atoms. The Morgan fingerprint density at radius 1 is 0.714 bits per heavy atom. The van der Waals surface area contributed by atoms with Crippen molar-refractivity contribution in [2.45, 2.75) is 13.8 Å². The van der Waals surface area contributed by atoms with E-state index in [2.05, 4.69) is 15.0 Å². The molecule has 3 aromatic carbocycles. The molecule has 324 valence electrons. The van der Waals surface area contributed by atoms with Crippen LogP contribution in [0.4, 0.5) is 41.8 Å². The quantitative estimate of drug-likeness (QED) is 0.119. The molecule has 21 heteroatoms. The lowest BCUT2D eigenvalue weighted by molar-refractivity contribution is 0.189. The maximum Gasteiger partial charge on any atom is 0.431 e. The number of fused-ring (bicyclic) bond motifs is 2. The Kier molecular flexibility index (Phi) is 12.3. The van der Waals surface area contributed by atoms with Gasteiger partial charge in [-0.3, -0.25) is 0 Å². The number of ether oxygens (including phenoxy) is 5. The van der Waals surface area contributed by atoms with Gasteiger partial charge in [0.15, 0.2) is 16.2 Å². The highest BCUT2D eigenvalue weighted by Gasteiger charge is 2.37.